The fourth-order valence-electron chi connectivity index (χ4n) is 2.84. The van der Waals surface area contributed by atoms with E-state index >= 15 is 0 Å². The average Bonchev–Trinajstić information content (AvgIpc) is 2.24. The van der Waals surface area contributed by atoms with Gasteiger partial charge in [-0.2, -0.15) is 0 Å². The van der Waals surface area contributed by atoms with E-state index in [1.165, 1.54) is 0 Å². The number of halogens is 1. The average molecular weight is 254 g/mol. The molecule has 0 bridgehead atoms. The summed E-state index contributed by atoms with van der Waals surface area (Å²) in [5.74, 6) is 0. The first-order valence-electron chi connectivity index (χ1n) is 6.02. The van der Waals surface area contributed by atoms with Crippen molar-refractivity contribution < 1.29 is 5.11 Å². The zero-order valence-corrected chi connectivity index (χ0v) is 11.5. The van der Waals surface area contributed by atoms with Crippen molar-refractivity contribution in [3.8, 4) is 0 Å². The van der Waals surface area contributed by atoms with Gasteiger partial charge in [-0.15, -0.1) is 0 Å². The van der Waals surface area contributed by atoms with E-state index in [2.05, 4.69) is 25.8 Å². The van der Waals surface area contributed by atoms with E-state index in [4.69, 9.17) is 11.6 Å². The van der Waals surface area contributed by atoms with Gasteiger partial charge in [-0.05, 0) is 31.2 Å². The van der Waals surface area contributed by atoms with Crippen molar-refractivity contribution in [3.63, 3.8) is 0 Å². The molecule has 1 heterocycles. The number of piperidine rings is 1. The van der Waals surface area contributed by atoms with Crippen LogP contribution in [0.15, 0.2) is 24.3 Å². The molecule has 0 saturated carbocycles. The van der Waals surface area contributed by atoms with Gasteiger partial charge in [0, 0.05) is 23.5 Å². The third kappa shape index (κ3) is 2.22. The maximum Gasteiger partial charge on any atom is 0.0971 e. The first kappa shape index (κ1) is 12.9. The molecule has 0 radical (unpaired) electrons. The predicted octanol–water partition coefficient (Wildman–Crippen LogP) is 2.89. The molecule has 0 aliphatic carbocycles. The smallest absolute Gasteiger partial charge is 0.0971 e. The fourth-order valence-corrected chi connectivity index (χ4v) is 2.96. The van der Waals surface area contributed by atoms with Crippen LogP contribution in [0.4, 0.5) is 0 Å². The SMILES string of the molecule is CN1CCC(O)(c2ccc(Cl)cc2)C(C)(C)C1. The van der Waals surface area contributed by atoms with E-state index in [-0.39, 0.29) is 5.41 Å². The lowest BCUT2D eigenvalue weighted by molar-refractivity contribution is -0.121. The summed E-state index contributed by atoms with van der Waals surface area (Å²) in [6, 6.07) is 7.58. The van der Waals surface area contributed by atoms with Gasteiger partial charge in [0.25, 0.3) is 0 Å². The largest absolute Gasteiger partial charge is 0.385 e. The van der Waals surface area contributed by atoms with Crippen molar-refractivity contribution in [1.29, 1.82) is 0 Å². The van der Waals surface area contributed by atoms with Gasteiger partial charge < -0.3 is 10.0 Å². The van der Waals surface area contributed by atoms with E-state index in [0.717, 1.165) is 25.1 Å². The van der Waals surface area contributed by atoms with Gasteiger partial charge in [-0.1, -0.05) is 37.6 Å². The molecular formula is C14H20ClNO. The number of rotatable bonds is 1. The molecule has 1 unspecified atom stereocenters. The van der Waals surface area contributed by atoms with Crippen molar-refractivity contribution in [1.82, 2.24) is 4.90 Å². The molecule has 1 N–H and O–H groups in total. The van der Waals surface area contributed by atoms with Crippen LogP contribution in [0.25, 0.3) is 0 Å². The molecule has 1 fully saturated rings. The second kappa shape index (κ2) is 4.27. The Kier molecular flexibility index (Phi) is 3.23. The van der Waals surface area contributed by atoms with Gasteiger partial charge in [0.15, 0.2) is 0 Å². The van der Waals surface area contributed by atoms with E-state index in [9.17, 15) is 5.11 Å². The quantitative estimate of drug-likeness (QED) is 0.832. The zero-order valence-electron chi connectivity index (χ0n) is 10.7. The summed E-state index contributed by atoms with van der Waals surface area (Å²) in [5.41, 5.74) is 0.0535. The Morgan fingerprint density at radius 3 is 2.35 bits per heavy atom. The maximum absolute atomic E-state index is 11.0. The van der Waals surface area contributed by atoms with Crippen LogP contribution in [0.5, 0.6) is 0 Å². The Bertz CT molecular complexity index is 401. The van der Waals surface area contributed by atoms with Gasteiger partial charge in [-0.3, -0.25) is 0 Å². The minimum absolute atomic E-state index is 0.159. The number of benzene rings is 1. The summed E-state index contributed by atoms with van der Waals surface area (Å²) in [6.45, 7) is 6.06. The molecule has 1 aliphatic heterocycles. The molecular weight excluding hydrogens is 234 g/mol. The van der Waals surface area contributed by atoms with Gasteiger partial charge in [0.2, 0.25) is 0 Å². The van der Waals surface area contributed by atoms with E-state index < -0.39 is 5.60 Å². The minimum atomic E-state index is -0.760. The van der Waals surface area contributed by atoms with Crippen LogP contribution < -0.4 is 0 Å². The van der Waals surface area contributed by atoms with Crippen LogP contribution in [-0.4, -0.2) is 30.1 Å². The van der Waals surface area contributed by atoms with Gasteiger partial charge in [0.1, 0.15) is 0 Å². The Morgan fingerprint density at radius 2 is 1.82 bits per heavy atom. The van der Waals surface area contributed by atoms with Crippen LogP contribution in [0.1, 0.15) is 25.8 Å². The Hall–Kier alpha value is -0.570. The first-order valence-corrected chi connectivity index (χ1v) is 6.40. The summed E-state index contributed by atoms with van der Waals surface area (Å²) in [6.07, 6.45) is 0.762. The third-order valence-electron chi connectivity index (χ3n) is 3.96. The Morgan fingerprint density at radius 1 is 1.24 bits per heavy atom. The highest BCUT2D eigenvalue weighted by Gasteiger charge is 2.47. The molecule has 1 aliphatic rings. The van der Waals surface area contributed by atoms with Crippen molar-refractivity contribution in [2.45, 2.75) is 25.9 Å². The fraction of sp³-hybridized carbons (Fsp3) is 0.571. The van der Waals surface area contributed by atoms with Crippen LogP contribution in [0.2, 0.25) is 5.02 Å². The summed E-state index contributed by atoms with van der Waals surface area (Å²) in [4.78, 5) is 2.27. The minimum Gasteiger partial charge on any atom is -0.385 e. The summed E-state index contributed by atoms with van der Waals surface area (Å²) < 4.78 is 0. The highest BCUT2D eigenvalue weighted by Crippen LogP contribution is 2.45. The van der Waals surface area contributed by atoms with Crippen LogP contribution in [-0.2, 0) is 5.60 Å². The topological polar surface area (TPSA) is 23.5 Å². The van der Waals surface area contributed by atoms with Crippen LogP contribution in [0, 0.1) is 5.41 Å². The summed E-state index contributed by atoms with van der Waals surface area (Å²) in [7, 11) is 2.10. The van der Waals surface area contributed by atoms with E-state index in [1.807, 2.05) is 24.3 Å². The second-order valence-corrected chi connectivity index (χ2v) is 6.18. The van der Waals surface area contributed by atoms with Crippen LogP contribution >= 0.6 is 11.6 Å². The van der Waals surface area contributed by atoms with Gasteiger partial charge in [0.05, 0.1) is 5.60 Å². The highest BCUT2D eigenvalue weighted by molar-refractivity contribution is 6.30. The number of likely N-dealkylation sites (tertiary alicyclic amines) is 1. The number of nitrogens with zero attached hydrogens (tertiary/aromatic N) is 1. The van der Waals surface area contributed by atoms with Gasteiger partial charge >= 0.3 is 0 Å². The molecule has 0 spiro atoms. The highest BCUT2D eigenvalue weighted by atomic mass is 35.5. The Balaban J connectivity index is 2.37. The molecule has 3 heteroatoms. The Labute approximate surface area is 108 Å². The molecule has 1 aromatic rings. The lowest BCUT2D eigenvalue weighted by Gasteiger charge is -2.49. The standard InChI is InChI=1S/C14H20ClNO/c1-13(2)10-16(3)9-8-14(13,17)11-4-6-12(15)7-5-11/h4-7,17H,8-10H2,1-3H3. The summed E-state index contributed by atoms with van der Waals surface area (Å²) >= 11 is 5.90. The monoisotopic (exact) mass is 253 g/mol. The number of aliphatic hydroxyl groups is 1. The van der Waals surface area contributed by atoms with Gasteiger partial charge in [-0.25, -0.2) is 0 Å². The molecule has 94 valence electrons. The number of hydrogen-bond acceptors (Lipinski definition) is 2. The molecule has 1 aromatic carbocycles. The third-order valence-corrected chi connectivity index (χ3v) is 4.21. The second-order valence-electron chi connectivity index (χ2n) is 5.74. The maximum atomic E-state index is 11.0. The van der Waals surface area contributed by atoms with Crippen molar-refractivity contribution in [2.75, 3.05) is 20.1 Å². The zero-order chi connectivity index (χ0) is 12.7. The molecule has 17 heavy (non-hydrogen) atoms. The first-order chi connectivity index (χ1) is 7.85. The molecule has 1 atom stereocenters. The van der Waals surface area contributed by atoms with Crippen molar-refractivity contribution >= 4 is 11.6 Å². The van der Waals surface area contributed by atoms with Crippen molar-refractivity contribution in [3.05, 3.63) is 34.9 Å². The molecule has 0 aromatic heterocycles. The lowest BCUT2D eigenvalue weighted by Crippen LogP contribution is -2.54. The molecule has 0 amide bonds. The summed E-state index contributed by atoms with van der Waals surface area (Å²) in [5, 5.41) is 11.7. The predicted molar refractivity (Wildman–Crippen MR) is 71.2 cm³/mol. The molecule has 2 rings (SSSR count). The lowest BCUT2D eigenvalue weighted by atomic mass is 9.66. The molecule has 1 saturated heterocycles. The molecule has 2 nitrogen and oxygen atoms in total. The van der Waals surface area contributed by atoms with Crippen LogP contribution in [0.3, 0.4) is 0 Å². The van der Waals surface area contributed by atoms with Crippen molar-refractivity contribution in [2.24, 2.45) is 5.41 Å². The van der Waals surface area contributed by atoms with E-state index in [0.29, 0.717) is 5.02 Å². The normalized spacial score (nSPS) is 29.2. The number of hydrogen-bond donors (Lipinski definition) is 1. The van der Waals surface area contributed by atoms with E-state index in [1.54, 1.807) is 0 Å².